The number of aliphatic carboxylic acids is 1. The van der Waals surface area contributed by atoms with Crippen LogP contribution in [-0.4, -0.2) is 53.6 Å². The van der Waals surface area contributed by atoms with Gasteiger partial charge in [0.15, 0.2) is 17.3 Å². The molecular weight excluding hydrogens is 528 g/mol. The summed E-state index contributed by atoms with van der Waals surface area (Å²) in [5.74, 6) is 0.0745. The summed E-state index contributed by atoms with van der Waals surface area (Å²) in [5, 5.41) is 18.1. The van der Waals surface area contributed by atoms with Gasteiger partial charge < -0.3 is 24.1 Å². The van der Waals surface area contributed by atoms with Gasteiger partial charge in [0.2, 0.25) is 5.75 Å². The standard InChI is InChI=1S/C31H32N2O8/c1-17(2)39-27-15-19(14-26(38-6)30(27)40-18(3)4)13-23(29(34)20-7-10-22(37-5)11-8-20)28(31(35)36)21-9-12-24-25(16-21)33-41-32-24/h7-12,14-18H,13H2,1-6H3,(H,35,36). The van der Waals surface area contributed by atoms with Crippen molar-refractivity contribution < 1.29 is 38.3 Å². The monoisotopic (exact) mass is 560 g/mol. The summed E-state index contributed by atoms with van der Waals surface area (Å²) >= 11 is 0. The number of carboxylic acid groups (broad SMARTS) is 1. The van der Waals surface area contributed by atoms with Gasteiger partial charge in [-0.3, -0.25) is 4.79 Å². The summed E-state index contributed by atoms with van der Waals surface area (Å²) in [6.07, 6.45) is -0.386. The van der Waals surface area contributed by atoms with Gasteiger partial charge in [-0.2, -0.15) is 0 Å². The van der Waals surface area contributed by atoms with Crippen molar-refractivity contribution in [2.24, 2.45) is 0 Å². The molecule has 0 spiro atoms. The van der Waals surface area contributed by atoms with Crippen molar-refractivity contribution in [1.29, 1.82) is 0 Å². The van der Waals surface area contributed by atoms with E-state index in [0.717, 1.165) is 0 Å². The molecule has 0 saturated heterocycles. The Kier molecular flexibility index (Phi) is 8.91. The number of benzene rings is 3. The second-order valence-corrected chi connectivity index (χ2v) is 9.82. The predicted octanol–water partition coefficient (Wildman–Crippen LogP) is 5.78. The zero-order chi connectivity index (χ0) is 29.7. The van der Waals surface area contributed by atoms with Gasteiger partial charge in [0, 0.05) is 17.6 Å². The largest absolute Gasteiger partial charge is 0.497 e. The van der Waals surface area contributed by atoms with Gasteiger partial charge in [0.1, 0.15) is 16.8 Å². The smallest absolute Gasteiger partial charge is 0.336 e. The molecule has 1 aromatic heterocycles. The average molecular weight is 561 g/mol. The molecule has 0 fully saturated rings. The van der Waals surface area contributed by atoms with E-state index in [-0.39, 0.29) is 35.3 Å². The first kappa shape index (κ1) is 29.1. The Morgan fingerprint density at radius 3 is 2.05 bits per heavy atom. The van der Waals surface area contributed by atoms with Gasteiger partial charge in [0.25, 0.3) is 0 Å². The lowest BCUT2D eigenvalue weighted by Crippen LogP contribution is -2.15. The summed E-state index contributed by atoms with van der Waals surface area (Å²) in [4.78, 5) is 26.8. The Hall–Kier alpha value is -4.86. The number of nitrogens with zero attached hydrogens (tertiary/aromatic N) is 2. The number of ketones is 1. The van der Waals surface area contributed by atoms with E-state index in [4.69, 9.17) is 23.6 Å². The Labute approximate surface area is 237 Å². The van der Waals surface area contributed by atoms with Crippen molar-refractivity contribution in [3.63, 3.8) is 0 Å². The molecular formula is C31H32N2O8. The van der Waals surface area contributed by atoms with Crippen LogP contribution in [0.4, 0.5) is 0 Å². The second-order valence-electron chi connectivity index (χ2n) is 9.82. The van der Waals surface area contributed by atoms with Crippen LogP contribution in [0.15, 0.2) is 64.8 Å². The van der Waals surface area contributed by atoms with Gasteiger partial charge in [-0.15, -0.1) is 0 Å². The van der Waals surface area contributed by atoms with Crippen molar-refractivity contribution in [2.75, 3.05) is 14.2 Å². The number of ether oxygens (including phenoxy) is 4. The van der Waals surface area contributed by atoms with E-state index < -0.39 is 11.8 Å². The third-order valence-corrected chi connectivity index (χ3v) is 6.08. The number of hydrogen-bond donors (Lipinski definition) is 1. The minimum atomic E-state index is -1.27. The molecule has 0 unspecified atom stereocenters. The Morgan fingerprint density at radius 1 is 0.805 bits per heavy atom. The van der Waals surface area contributed by atoms with Crippen LogP contribution in [0.2, 0.25) is 0 Å². The fourth-order valence-corrected chi connectivity index (χ4v) is 4.35. The first-order valence-electron chi connectivity index (χ1n) is 13.0. The number of methoxy groups -OCH3 is 2. The van der Waals surface area contributed by atoms with E-state index >= 15 is 0 Å². The summed E-state index contributed by atoms with van der Waals surface area (Å²) in [6.45, 7) is 7.55. The number of aromatic nitrogens is 2. The zero-order valence-corrected chi connectivity index (χ0v) is 23.8. The number of allylic oxidation sites excluding steroid dienone is 1. The van der Waals surface area contributed by atoms with Crippen LogP contribution in [-0.2, 0) is 11.2 Å². The normalized spacial score (nSPS) is 11.9. The highest BCUT2D eigenvalue weighted by Gasteiger charge is 2.26. The maximum atomic E-state index is 14.0. The van der Waals surface area contributed by atoms with Crippen molar-refractivity contribution in [3.8, 4) is 23.0 Å². The zero-order valence-electron chi connectivity index (χ0n) is 23.8. The summed E-state index contributed by atoms with van der Waals surface area (Å²) < 4.78 is 27.7. The Morgan fingerprint density at radius 2 is 1.44 bits per heavy atom. The molecule has 0 radical (unpaired) electrons. The van der Waals surface area contributed by atoms with E-state index in [0.29, 0.717) is 45.2 Å². The maximum Gasteiger partial charge on any atom is 0.336 e. The van der Waals surface area contributed by atoms with Crippen LogP contribution in [0.3, 0.4) is 0 Å². The number of rotatable bonds is 12. The lowest BCUT2D eigenvalue weighted by atomic mass is 9.89. The highest BCUT2D eigenvalue weighted by molar-refractivity contribution is 6.26. The minimum Gasteiger partial charge on any atom is -0.497 e. The average Bonchev–Trinajstić information content (AvgIpc) is 3.41. The van der Waals surface area contributed by atoms with E-state index in [1.54, 1.807) is 48.5 Å². The van der Waals surface area contributed by atoms with Crippen molar-refractivity contribution >= 4 is 28.4 Å². The number of Topliss-reactive ketones (excluding diaryl/α,β-unsaturated/α-hetero) is 1. The molecule has 10 nitrogen and oxygen atoms in total. The molecule has 0 aliphatic carbocycles. The van der Waals surface area contributed by atoms with E-state index in [9.17, 15) is 14.7 Å². The third-order valence-electron chi connectivity index (χ3n) is 6.08. The molecule has 214 valence electrons. The Bertz CT molecular complexity index is 1590. The fourth-order valence-electron chi connectivity index (χ4n) is 4.35. The van der Waals surface area contributed by atoms with Crippen LogP contribution in [0, 0.1) is 0 Å². The summed E-state index contributed by atoms with van der Waals surface area (Å²) in [7, 11) is 3.03. The molecule has 0 aliphatic heterocycles. The van der Waals surface area contributed by atoms with Crippen molar-refractivity contribution in [3.05, 3.63) is 76.9 Å². The highest BCUT2D eigenvalue weighted by Crippen LogP contribution is 2.41. The molecule has 4 aromatic rings. The number of hydrogen-bond acceptors (Lipinski definition) is 9. The third kappa shape index (κ3) is 6.66. The van der Waals surface area contributed by atoms with Crippen LogP contribution >= 0.6 is 0 Å². The molecule has 10 heteroatoms. The van der Waals surface area contributed by atoms with Gasteiger partial charge in [-0.05, 0) is 97.7 Å². The van der Waals surface area contributed by atoms with Crippen LogP contribution in [0.5, 0.6) is 23.0 Å². The van der Waals surface area contributed by atoms with Crippen molar-refractivity contribution in [2.45, 2.75) is 46.3 Å². The van der Waals surface area contributed by atoms with Crippen LogP contribution in [0.1, 0.15) is 49.2 Å². The molecule has 0 saturated carbocycles. The quantitative estimate of drug-likeness (QED) is 0.168. The molecule has 4 rings (SSSR count). The molecule has 0 aliphatic rings. The lowest BCUT2D eigenvalue weighted by Gasteiger charge is -2.21. The number of carboxylic acids is 1. The molecule has 3 aromatic carbocycles. The van der Waals surface area contributed by atoms with Crippen molar-refractivity contribution in [1.82, 2.24) is 10.3 Å². The predicted molar refractivity (Wildman–Crippen MR) is 152 cm³/mol. The Balaban J connectivity index is 1.93. The SMILES string of the molecule is COc1ccc(C(=O)C(Cc2cc(OC)c(OC(C)C)c(OC(C)C)c2)=C(C(=O)O)c2ccc3nonc3c2)cc1. The van der Waals surface area contributed by atoms with E-state index in [2.05, 4.69) is 10.3 Å². The number of fused-ring (bicyclic) bond motifs is 1. The van der Waals surface area contributed by atoms with Gasteiger partial charge in [0.05, 0.1) is 32.0 Å². The fraction of sp³-hybridized carbons (Fsp3) is 0.290. The number of carbonyl (C=O) groups is 2. The van der Waals surface area contributed by atoms with E-state index in [1.165, 1.54) is 20.3 Å². The first-order valence-corrected chi connectivity index (χ1v) is 13.0. The van der Waals surface area contributed by atoms with E-state index in [1.807, 2.05) is 27.7 Å². The van der Waals surface area contributed by atoms with Gasteiger partial charge in [-0.25, -0.2) is 9.42 Å². The molecule has 1 heterocycles. The highest BCUT2D eigenvalue weighted by atomic mass is 16.6. The van der Waals surface area contributed by atoms with Crippen LogP contribution in [0.25, 0.3) is 16.6 Å². The lowest BCUT2D eigenvalue weighted by molar-refractivity contribution is -0.130. The minimum absolute atomic E-state index is 0.0472. The van der Waals surface area contributed by atoms with Gasteiger partial charge >= 0.3 is 5.97 Å². The second kappa shape index (κ2) is 12.5. The molecule has 0 bridgehead atoms. The van der Waals surface area contributed by atoms with Crippen LogP contribution < -0.4 is 18.9 Å². The molecule has 0 atom stereocenters. The topological polar surface area (TPSA) is 130 Å². The molecule has 0 amide bonds. The number of carbonyl (C=O) groups excluding carboxylic acids is 1. The summed E-state index contributed by atoms with van der Waals surface area (Å²) in [6, 6.07) is 14.6. The molecule has 1 N–H and O–H groups in total. The summed E-state index contributed by atoms with van der Waals surface area (Å²) in [5.41, 5.74) is 1.87. The first-order chi connectivity index (χ1) is 19.6. The van der Waals surface area contributed by atoms with Gasteiger partial charge in [-0.1, -0.05) is 6.07 Å². The maximum absolute atomic E-state index is 14.0. The molecule has 41 heavy (non-hydrogen) atoms.